The van der Waals surface area contributed by atoms with Gasteiger partial charge in [-0.2, -0.15) is 0 Å². The number of esters is 1. The number of hydrogen-bond acceptors (Lipinski definition) is 6. The lowest BCUT2D eigenvalue weighted by molar-refractivity contribution is -0.154. The van der Waals surface area contributed by atoms with E-state index in [4.69, 9.17) is 21.7 Å². The number of rotatable bonds is 5. The van der Waals surface area contributed by atoms with Crippen LogP contribution in [-0.2, 0) is 20.8 Å². The number of cyclic esters (lactones) is 1. The van der Waals surface area contributed by atoms with Gasteiger partial charge in [-0.15, -0.1) is 0 Å². The molecule has 0 unspecified atom stereocenters. The third-order valence-corrected chi connectivity index (χ3v) is 6.10. The summed E-state index contributed by atoms with van der Waals surface area (Å²) in [5.74, 6) is 0.00952. The lowest BCUT2D eigenvalue weighted by Crippen LogP contribution is -2.51. The Kier molecular flexibility index (Phi) is 6.56. The van der Waals surface area contributed by atoms with E-state index in [1.54, 1.807) is 12.4 Å². The Balaban J connectivity index is 1.56. The Morgan fingerprint density at radius 3 is 2.90 bits per heavy atom. The number of piperidine rings is 1. The van der Waals surface area contributed by atoms with Crippen molar-refractivity contribution in [1.82, 2.24) is 14.9 Å². The smallest absolute Gasteiger partial charge is 0.314 e. The van der Waals surface area contributed by atoms with E-state index in [1.807, 2.05) is 6.07 Å². The number of thiocarbonyl (C=S) groups is 1. The molecular weight excluding hydrogens is 386 g/mol. The van der Waals surface area contributed by atoms with Crippen LogP contribution in [0.5, 0.6) is 0 Å². The molecule has 2 aliphatic heterocycles. The lowest BCUT2D eigenvalue weighted by Gasteiger charge is -2.41. The maximum absolute atomic E-state index is 13.0. The Morgan fingerprint density at radius 1 is 1.24 bits per heavy atom. The quantitative estimate of drug-likeness (QED) is 0.598. The Bertz CT molecular complexity index is 812. The molecule has 3 heterocycles. The molecule has 2 aliphatic rings. The molecule has 4 rings (SSSR count). The molecule has 1 N–H and O–H groups in total. The highest BCUT2D eigenvalue weighted by Gasteiger charge is 2.43. The van der Waals surface area contributed by atoms with Crippen molar-refractivity contribution in [2.24, 2.45) is 5.92 Å². The van der Waals surface area contributed by atoms with Crippen LogP contribution < -0.4 is 0 Å². The number of aromatic amines is 1. The fourth-order valence-corrected chi connectivity index (χ4v) is 4.67. The Labute approximate surface area is 176 Å². The van der Waals surface area contributed by atoms with E-state index in [9.17, 15) is 4.79 Å². The second-order valence-electron chi connectivity index (χ2n) is 7.74. The first-order valence-corrected chi connectivity index (χ1v) is 10.8. The summed E-state index contributed by atoms with van der Waals surface area (Å²) in [4.78, 5) is 22.6. The van der Waals surface area contributed by atoms with Gasteiger partial charge >= 0.3 is 5.97 Å². The van der Waals surface area contributed by atoms with Gasteiger partial charge in [-0.25, -0.2) is 4.98 Å². The van der Waals surface area contributed by atoms with E-state index in [2.05, 4.69) is 39.1 Å². The Hall–Kier alpha value is -2.25. The summed E-state index contributed by atoms with van der Waals surface area (Å²) in [6.45, 7) is 2.23. The Morgan fingerprint density at radius 2 is 2.10 bits per heavy atom. The summed E-state index contributed by atoms with van der Waals surface area (Å²) in [5.41, 5.74) is 1.25. The third-order valence-electron chi connectivity index (χ3n) is 5.81. The van der Waals surface area contributed by atoms with Crippen molar-refractivity contribution in [2.75, 3.05) is 13.2 Å². The summed E-state index contributed by atoms with van der Waals surface area (Å²) in [5, 5.41) is 0.310. The van der Waals surface area contributed by atoms with E-state index >= 15 is 0 Å². The fourth-order valence-electron chi connectivity index (χ4n) is 4.43. The van der Waals surface area contributed by atoms with Gasteiger partial charge in [-0.1, -0.05) is 36.8 Å². The number of imidazole rings is 1. The van der Waals surface area contributed by atoms with Gasteiger partial charge in [0, 0.05) is 25.0 Å². The van der Waals surface area contributed by atoms with Gasteiger partial charge in [0.25, 0.3) is 0 Å². The number of nitrogens with zero attached hydrogens (tertiary/aromatic N) is 2. The van der Waals surface area contributed by atoms with E-state index in [0.29, 0.717) is 17.5 Å². The molecular formula is C22H27N3O3S. The second kappa shape index (κ2) is 9.50. The molecule has 0 saturated carbocycles. The van der Waals surface area contributed by atoms with Crippen molar-refractivity contribution >= 4 is 23.2 Å². The van der Waals surface area contributed by atoms with Gasteiger partial charge in [0.2, 0.25) is 5.05 Å². The molecule has 7 heteroatoms. The minimum atomic E-state index is -0.352. The molecule has 3 atom stereocenters. The van der Waals surface area contributed by atoms with Crippen LogP contribution in [-0.4, -0.2) is 51.2 Å². The number of carbonyl (C=O) groups excluding carboxylic acids is 1. The lowest BCUT2D eigenvalue weighted by atomic mass is 9.84. The highest BCUT2D eigenvalue weighted by Crippen LogP contribution is 2.32. The minimum Gasteiger partial charge on any atom is -0.476 e. The molecule has 0 bridgehead atoms. The first-order valence-electron chi connectivity index (χ1n) is 10.4. The molecule has 2 fully saturated rings. The molecule has 6 nitrogen and oxygen atoms in total. The first kappa shape index (κ1) is 20.0. The summed E-state index contributed by atoms with van der Waals surface area (Å²) < 4.78 is 11.7. The molecule has 29 heavy (non-hydrogen) atoms. The zero-order valence-electron chi connectivity index (χ0n) is 16.5. The number of nitrogens with one attached hydrogen (secondary N) is 1. The van der Waals surface area contributed by atoms with Crippen molar-refractivity contribution in [3.63, 3.8) is 0 Å². The van der Waals surface area contributed by atoms with E-state index < -0.39 is 0 Å². The summed E-state index contributed by atoms with van der Waals surface area (Å²) in [6.07, 6.45) is 7.78. The van der Waals surface area contributed by atoms with Crippen molar-refractivity contribution in [3.8, 4) is 0 Å². The topological polar surface area (TPSA) is 67.5 Å². The molecule has 1 aromatic carbocycles. The SMILES string of the molecule is O=C1OCCC[C@@H](OC(=S)c2ncc[nH]2)[C@H]1[C@H]1CCCCN1Cc1ccccc1. The highest BCUT2D eigenvalue weighted by atomic mass is 32.1. The second-order valence-corrected chi connectivity index (χ2v) is 8.11. The maximum Gasteiger partial charge on any atom is 0.314 e. The summed E-state index contributed by atoms with van der Waals surface area (Å²) in [7, 11) is 0. The molecule has 0 aliphatic carbocycles. The number of H-pyrrole nitrogens is 1. The van der Waals surface area contributed by atoms with Crippen LogP contribution in [0.25, 0.3) is 0 Å². The van der Waals surface area contributed by atoms with Gasteiger partial charge in [-0.3, -0.25) is 9.69 Å². The molecule has 2 aromatic rings. The van der Waals surface area contributed by atoms with Gasteiger partial charge in [-0.05, 0) is 50.0 Å². The van der Waals surface area contributed by atoms with Crippen LogP contribution in [0, 0.1) is 5.92 Å². The van der Waals surface area contributed by atoms with Crippen molar-refractivity contribution in [1.29, 1.82) is 0 Å². The van der Waals surface area contributed by atoms with Crippen LogP contribution in [0.1, 0.15) is 43.5 Å². The zero-order valence-corrected chi connectivity index (χ0v) is 17.3. The number of likely N-dealkylation sites (tertiary alicyclic amines) is 1. The van der Waals surface area contributed by atoms with E-state index in [-0.39, 0.29) is 24.0 Å². The van der Waals surface area contributed by atoms with Crippen molar-refractivity contribution in [3.05, 3.63) is 54.1 Å². The molecule has 0 amide bonds. The van der Waals surface area contributed by atoms with Gasteiger partial charge in [0.1, 0.15) is 12.0 Å². The summed E-state index contributed by atoms with van der Waals surface area (Å²) >= 11 is 5.44. The number of carbonyl (C=O) groups is 1. The zero-order chi connectivity index (χ0) is 20.1. The monoisotopic (exact) mass is 413 g/mol. The van der Waals surface area contributed by atoms with E-state index in [0.717, 1.165) is 45.2 Å². The standard InChI is InChI=1S/C22H27N3O3S/c26-21-19(17-9-4-5-13-25(17)15-16-7-2-1-3-8-16)18(10-6-14-27-21)28-22(29)20-23-11-12-24-20/h1-3,7-8,11-12,17-19H,4-6,9-10,13-15H2,(H,23,24)/t17-,18-,19-/m1/s1. The largest absolute Gasteiger partial charge is 0.476 e. The van der Waals surface area contributed by atoms with Gasteiger partial charge < -0.3 is 14.5 Å². The number of aromatic nitrogens is 2. The van der Waals surface area contributed by atoms with Crippen molar-refractivity contribution in [2.45, 2.75) is 50.8 Å². The number of ether oxygens (including phenoxy) is 2. The number of benzene rings is 1. The molecule has 0 radical (unpaired) electrons. The van der Waals surface area contributed by atoms with Crippen LogP contribution >= 0.6 is 12.2 Å². The first-order chi connectivity index (χ1) is 14.2. The van der Waals surface area contributed by atoms with E-state index in [1.165, 1.54) is 5.56 Å². The highest BCUT2D eigenvalue weighted by molar-refractivity contribution is 7.80. The average Bonchev–Trinajstić information content (AvgIpc) is 3.22. The van der Waals surface area contributed by atoms with Gasteiger partial charge in [0.05, 0.1) is 6.61 Å². The third kappa shape index (κ3) is 4.85. The predicted octanol–water partition coefficient (Wildman–Crippen LogP) is 3.48. The fraction of sp³-hybridized carbons (Fsp3) is 0.500. The summed E-state index contributed by atoms with van der Waals surface area (Å²) in [6, 6.07) is 10.5. The molecule has 154 valence electrons. The molecule has 0 spiro atoms. The predicted molar refractivity (Wildman–Crippen MR) is 113 cm³/mol. The van der Waals surface area contributed by atoms with Crippen LogP contribution in [0.15, 0.2) is 42.7 Å². The minimum absolute atomic E-state index is 0.0824. The van der Waals surface area contributed by atoms with Crippen LogP contribution in [0.3, 0.4) is 0 Å². The van der Waals surface area contributed by atoms with Crippen LogP contribution in [0.2, 0.25) is 0 Å². The van der Waals surface area contributed by atoms with Crippen molar-refractivity contribution < 1.29 is 14.3 Å². The van der Waals surface area contributed by atoms with Crippen LogP contribution in [0.4, 0.5) is 0 Å². The molecule has 2 saturated heterocycles. The average molecular weight is 414 g/mol. The molecule has 1 aromatic heterocycles. The number of hydrogen-bond donors (Lipinski definition) is 1. The van der Waals surface area contributed by atoms with Gasteiger partial charge in [0.15, 0.2) is 5.82 Å². The maximum atomic E-state index is 13.0. The normalized spacial score (nSPS) is 25.8.